The average Bonchev–Trinajstić information content (AvgIpc) is 2.45. The summed E-state index contributed by atoms with van der Waals surface area (Å²) in [7, 11) is 0. The number of nitrogens with zero attached hydrogens (tertiary/aromatic N) is 1. The van der Waals surface area contributed by atoms with Crippen molar-refractivity contribution in [3.63, 3.8) is 0 Å². The summed E-state index contributed by atoms with van der Waals surface area (Å²) >= 11 is 3.54. The van der Waals surface area contributed by atoms with E-state index in [4.69, 9.17) is 5.73 Å². The van der Waals surface area contributed by atoms with Gasteiger partial charge >= 0.3 is 0 Å². The van der Waals surface area contributed by atoms with E-state index in [1.54, 1.807) is 0 Å². The molecular formula is C18H17BrN2. The van der Waals surface area contributed by atoms with E-state index in [0.29, 0.717) is 0 Å². The highest BCUT2D eigenvalue weighted by molar-refractivity contribution is 9.10. The van der Waals surface area contributed by atoms with Crippen molar-refractivity contribution in [2.75, 3.05) is 0 Å². The fraction of sp³-hybridized carbons (Fsp3) is 0.167. The number of hydrogen-bond donors (Lipinski definition) is 1. The lowest BCUT2D eigenvalue weighted by Gasteiger charge is -2.15. The molecule has 0 aliphatic carbocycles. The second-order valence-electron chi connectivity index (χ2n) is 5.44. The van der Waals surface area contributed by atoms with Crippen molar-refractivity contribution in [1.29, 1.82) is 0 Å². The van der Waals surface area contributed by atoms with Crippen molar-refractivity contribution in [1.82, 2.24) is 4.98 Å². The van der Waals surface area contributed by atoms with Crippen LogP contribution in [-0.2, 0) is 0 Å². The molecule has 0 radical (unpaired) electrons. The highest BCUT2D eigenvalue weighted by atomic mass is 79.9. The predicted octanol–water partition coefficient (Wildman–Crippen LogP) is 4.66. The molecule has 3 rings (SSSR count). The number of nitrogens with two attached hydrogens (primary N) is 1. The van der Waals surface area contributed by atoms with E-state index >= 15 is 0 Å². The van der Waals surface area contributed by atoms with Crippen LogP contribution in [0.25, 0.3) is 10.9 Å². The Morgan fingerprint density at radius 1 is 0.952 bits per heavy atom. The predicted molar refractivity (Wildman–Crippen MR) is 91.4 cm³/mol. The number of pyridine rings is 1. The van der Waals surface area contributed by atoms with Gasteiger partial charge in [-0.1, -0.05) is 34.1 Å². The van der Waals surface area contributed by atoms with Gasteiger partial charge in [0, 0.05) is 15.6 Å². The molecule has 1 heterocycles. The second-order valence-corrected chi connectivity index (χ2v) is 6.36. The molecule has 0 aliphatic heterocycles. The molecule has 0 aliphatic rings. The van der Waals surface area contributed by atoms with Gasteiger partial charge in [0.05, 0.1) is 11.6 Å². The molecule has 1 aromatic heterocycles. The summed E-state index contributed by atoms with van der Waals surface area (Å²) < 4.78 is 1.06. The van der Waals surface area contributed by atoms with E-state index in [9.17, 15) is 0 Å². The van der Waals surface area contributed by atoms with E-state index in [1.165, 1.54) is 5.56 Å². The molecule has 0 amide bonds. The number of halogens is 1. The molecule has 2 nitrogen and oxygen atoms in total. The van der Waals surface area contributed by atoms with Gasteiger partial charge in [-0.3, -0.25) is 4.98 Å². The van der Waals surface area contributed by atoms with E-state index < -0.39 is 0 Å². The maximum atomic E-state index is 6.43. The van der Waals surface area contributed by atoms with Crippen LogP contribution in [0.15, 0.2) is 53.0 Å². The topological polar surface area (TPSA) is 38.9 Å². The van der Waals surface area contributed by atoms with Crippen LogP contribution in [0.3, 0.4) is 0 Å². The number of rotatable bonds is 2. The average molecular weight is 341 g/mol. The number of hydrogen-bond acceptors (Lipinski definition) is 2. The number of aryl methyl sites for hydroxylation is 2. The summed E-state index contributed by atoms with van der Waals surface area (Å²) in [6, 6.07) is 16.5. The Balaban J connectivity index is 2.04. The smallest absolute Gasteiger partial charge is 0.0705 e. The molecule has 106 valence electrons. The molecule has 1 unspecified atom stereocenters. The van der Waals surface area contributed by atoms with Gasteiger partial charge in [-0.15, -0.1) is 0 Å². The summed E-state index contributed by atoms with van der Waals surface area (Å²) in [5.41, 5.74) is 11.9. The van der Waals surface area contributed by atoms with Gasteiger partial charge in [0.25, 0.3) is 0 Å². The number of aromatic nitrogens is 1. The quantitative estimate of drug-likeness (QED) is 0.736. The monoisotopic (exact) mass is 340 g/mol. The molecular weight excluding hydrogens is 324 g/mol. The lowest BCUT2D eigenvalue weighted by atomic mass is 9.97. The van der Waals surface area contributed by atoms with Crippen molar-refractivity contribution < 1.29 is 0 Å². The first-order valence-corrected chi connectivity index (χ1v) is 7.72. The zero-order valence-corrected chi connectivity index (χ0v) is 13.7. The van der Waals surface area contributed by atoms with Gasteiger partial charge in [-0.25, -0.2) is 0 Å². The van der Waals surface area contributed by atoms with E-state index in [1.807, 2.05) is 19.1 Å². The molecule has 0 saturated heterocycles. The van der Waals surface area contributed by atoms with Crippen LogP contribution >= 0.6 is 15.9 Å². The Kier molecular flexibility index (Phi) is 3.79. The van der Waals surface area contributed by atoms with Gasteiger partial charge in [0.1, 0.15) is 0 Å². The fourth-order valence-electron chi connectivity index (χ4n) is 2.58. The summed E-state index contributed by atoms with van der Waals surface area (Å²) in [5, 5.41) is 1.13. The Labute approximate surface area is 133 Å². The molecule has 2 aromatic carbocycles. The van der Waals surface area contributed by atoms with Crippen LogP contribution in [0, 0.1) is 13.8 Å². The van der Waals surface area contributed by atoms with Crippen molar-refractivity contribution in [3.05, 3.63) is 75.4 Å². The zero-order valence-electron chi connectivity index (χ0n) is 12.1. The van der Waals surface area contributed by atoms with Crippen LogP contribution < -0.4 is 5.73 Å². The normalized spacial score (nSPS) is 12.6. The number of benzene rings is 2. The largest absolute Gasteiger partial charge is 0.320 e. The first kappa shape index (κ1) is 14.2. The first-order chi connectivity index (χ1) is 10.0. The van der Waals surface area contributed by atoms with Gasteiger partial charge in [-0.2, -0.15) is 0 Å². The third kappa shape index (κ3) is 2.99. The molecule has 3 aromatic rings. The van der Waals surface area contributed by atoms with Gasteiger partial charge in [-0.05, 0) is 60.9 Å². The van der Waals surface area contributed by atoms with E-state index in [2.05, 4.69) is 64.2 Å². The maximum absolute atomic E-state index is 6.43. The molecule has 2 N–H and O–H groups in total. The lowest BCUT2D eigenvalue weighted by Crippen LogP contribution is -2.12. The standard InChI is InChI=1S/C18H17BrN2/c1-11-7-15(10-16(19)8-11)18(20)14-5-6-17-13(9-14)4-3-12(2)21-17/h3-10,18H,20H2,1-2H3. The van der Waals surface area contributed by atoms with Gasteiger partial charge in [0.15, 0.2) is 0 Å². The van der Waals surface area contributed by atoms with Crippen LogP contribution in [0.1, 0.15) is 28.4 Å². The highest BCUT2D eigenvalue weighted by Gasteiger charge is 2.11. The molecule has 3 heteroatoms. The van der Waals surface area contributed by atoms with Crippen LogP contribution in [0.2, 0.25) is 0 Å². The van der Waals surface area contributed by atoms with Crippen LogP contribution in [0.5, 0.6) is 0 Å². The Morgan fingerprint density at radius 3 is 2.52 bits per heavy atom. The molecule has 0 bridgehead atoms. The SMILES string of the molecule is Cc1cc(Br)cc(C(N)c2ccc3nc(C)ccc3c2)c1. The van der Waals surface area contributed by atoms with Gasteiger partial charge in [0.2, 0.25) is 0 Å². The first-order valence-electron chi connectivity index (χ1n) is 6.93. The molecule has 21 heavy (non-hydrogen) atoms. The van der Waals surface area contributed by atoms with Crippen molar-refractivity contribution in [2.45, 2.75) is 19.9 Å². The minimum absolute atomic E-state index is 0.132. The fourth-order valence-corrected chi connectivity index (χ4v) is 3.20. The third-order valence-electron chi connectivity index (χ3n) is 3.64. The van der Waals surface area contributed by atoms with E-state index in [-0.39, 0.29) is 6.04 Å². The maximum Gasteiger partial charge on any atom is 0.0705 e. The Morgan fingerprint density at radius 2 is 1.76 bits per heavy atom. The highest BCUT2D eigenvalue weighted by Crippen LogP contribution is 2.26. The van der Waals surface area contributed by atoms with Crippen molar-refractivity contribution >= 4 is 26.8 Å². The van der Waals surface area contributed by atoms with Crippen LogP contribution in [-0.4, -0.2) is 4.98 Å². The van der Waals surface area contributed by atoms with E-state index in [0.717, 1.165) is 32.2 Å². The minimum Gasteiger partial charge on any atom is -0.320 e. The zero-order chi connectivity index (χ0) is 15.0. The Hall–Kier alpha value is -1.71. The summed E-state index contributed by atoms with van der Waals surface area (Å²) in [6.45, 7) is 4.08. The van der Waals surface area contributed by atoms with Crippen LogP contribution in [0.4, 0.5) is 0 Å². The van der Waals surface area contributed by atoms with Crippen molar-refractivity contribution in [3.8, 4) is 0 Å². The molecule has 0 spiro atoms. The lowest BCUT2D eigenvalue weighted by molar-refractivity contribution is 0.870. The van der Waals surface area contributed by atoms with Crippen molar-refractivity contribution in [2.24, 2.45) is 5.73 Å². The molecule has 0 fully saturated rings. The minimum atomic E-state index is -0.132. The third-order valence-corrected chi connectivity index (χ3v) is 4.09. The summed E-state index contributed by atoms with van der Waals surface area (Å²) in [4.78, 5) is 4.53. The van der Waals surface area contributed by atoms with Gasteiger partial charge < -0.3 is 5.73 Å². The summed E-state index contributed by atoms with van der Waals surface area (Å²) in [5.74, 6) is 0. The Bertz CT molecular complexity index is 791. The summed E-state index contributed by atoms with van der Waals surface area (Å²) in [6.07, 6.45) is 0. The second kappa shape index (κ2) is 5.58. The number of fused-ring (bicyclic) bond motifs is 1. The molecule has 1 atom stereocenters. The molecule has 0 saturated carbocycles.